The Balaban J connectivity index is 2.08. The van der Waals surface area contributed by atoms with Crippen LogP contribution in [0.25, 0.3) is 0 Å². The fourth-order valence-corrected chi connectivity index (χ4v) is 4.23. The van der Waals surface area contributed by atoms with E-state index in [2.05, 4.69) is 44.9 Å². The van der Waals surface area contributed by atoms with E-state index in [4.69, 9.17) is 28.9 Å². The van der Waals surface area contributed by atoms with Crippen LogP contribution in [0.2, 0.25) is 0 Å². The molecular weight excluding hydrogens is 580 g/mol. The summed E-state index contributed by atoms with van der Waals surface area (Å²) in [6.07, 6.45) is 5.19. The van der Waals surface area contributed by atoms with Gasteiger partial charge >= 0.3 is 0 Å². The first kappa shape index (κ1) is 39.4. The van der Waals surface area contributed by atoms with Gasteiger partial charge in [0.25, 0.3) is 5.91 Å². The number of carbonyl (C=O) groups excluding carboxylic acids is 2. The Labute approximate surface area is 269 Å². The lowest BCUT2D eigenvalue weighted by Crippen LogP contribution is -2.25. The van der Waals surface area contributed by atoms with Gasteiger partial charge in [-0.25, -0.2) is 0 Å². The lowest BCUT2D eigenvalue weighted by atomic mass is 10.1. The normalized spacial score (nSPS) is 11.6. The van der Waals surface area contributed by atoms with Gasteiger partial charge in [-0.15, -0.1) is 11.8 Å². The van der Waals surface area contributed by atoms with Crippen molar-refractivity contribution in [1.29, 1.82) is 5.26 Å². The first-order chi connectivity index (χ1) is 21.3. The second-order valence-electron chi connectivity index (χ2n) is 10.9. The molecule has 9 nitrogen and oxygen atoms in total. The Hall–Kier alpha value is -2.60. The Morgan fingerprint density at radius 1 is 0.909 bits per heavy atom. The quantitative estimate of drug-likeness (QED) is 0.0567. The molecule has 0 fully saturated rings. The molecule has 1 aromatic rings. The summed E-state index contributed by atoms with van der Waals surface area (Å²) in [6.45, 7) is 12.4. The van der Waals surface area contributed by atoms with Crippen LogP contribution in [0, 0.1) is 34.3 Å². The monoisotopic (exact) mass is 632 g/mol. The number of benzene rings is 1. The van der Waals surface area contributed by atoms with Crippen LogP contribution in [0.3, 0.4) is 0 Å². The maximum atomic E-state index is 12.4. The van der Waals surface area contributed by atoms with Crippen LogP contribution in [-0.2, 0) is 23.7 Å². The summed E-state index contributed by atoms with van der Waals surface area (Å²) < 4.78 is 28.1. The molecule has 44 heavy (non-hydrogen) atoms. The molecule has 1 N–H and O–H groups in total. The average molecular weight is 633 g/mol. The molecule has 0 saturated carbocycles. The molecule has 0 aromatic heterocycles. The summed E-state index contributed by atoms with van der Waals surface area (Å²) in [7, 11) is 0. The highest BCUT2D eigenvalue weighted by Crippen LogP contribution is 2.17. The van der Waals surface area contributed by atoms with E-state index in [9.17, 15) is 9.59 Å². The zero-order valence-corrected chi connectivity index (χ0v) is 27.9. The van der Waals surface area contributed by atoms with Gasteiger partial charge in [-0.1, -0.05) is 33.8 Å². The molecule has 0 radical (unpaired) electrons. The minimum Gasteiger partial charge on any atom is -0.490 e. The van der Waals surface area contributed by atoms with E-state index in [0.717, 1.165) is 37.4 Å². The Kier molecular flexibility index (Phi) is 24.0. The van der Waals surface area contributed by atoms with Gasteiger partial charge < -0.3 is 29.0 Å². The van der Waals surface area contributed by atoms with E-state index < -0.39 is 5.44 Å². The summed E-state index contributed by atoms with van der Waals surface area (Å²) in [6, 6.07) is 6.97. The highest BCUT2D eigenvalue weighted by molar-refractivity contribution is 8.04. The molecule has 0 saturated heterocycles. The predicted octanol–water partition coefficient (Wildman–Crippen LogP) is 6.02. The Morgan fingerprint density at radius 3 is 2.27 bits per heavy atom. The second-order valence-corrected chi connectivity index (χ2v) is 11.9. The molecule has 1 aromatic carbocycles. The molecule has 0 aliphatic carbocycles. The summed E-state index contributed by atoms with van der Waals surface area (Å²) in [5, 5.41) is 14.1. The van der Waals surface area contributed by atoms with E-state index in [1.807, 2.05) is 5.40 Å². The van der Waals surface area contributed by atoms with Gasteiger partial charge in [-0.05, 0) is 61.6 Å². The van der Waals surface area contributed by atoms with Crippen LogP contribution in [0.15, 0.2) is 24.3 Å². The predicted molar refractivity (Wildman–Crippen MR) is 174 cm³/mol. The number of hydrogen-bond acceptors (Lipinski definition) is 9. The van der Waals surface area contributed by atoms with E-state index >= 15 is 0 Å². The molecule has 246 valence electrons. The third-order valence-corrected chi connectivity index (χ3v) is 6.70. The Morgan fingerprint density at radius 2 is 1.59 bits per heavy atom. The summed E-state index contributed by atoms with van der Waals surface area (Å²) in [4.78, 5) is 24.4. The van der Waals surface area contributed by atoms with E-state index in [1.54, 1.807) is 24.3 Å². The number of amides is 1. The molecule has 1 unspecified atom stereocenters. The van der Waals surface area contributed by atoms with Gasteiger partial charge in [-0.2, -0.15) is 5.26 Å². The molecule has 0 spiro atoms. The SMILES string of the molecule is CC(C)C#CCCOCCCC(=O)CCCOCCOCCOC(COc1cccc(C(=O)NCCCC(C)C)c1)SC#N. The third kappa shape index (κ3) is 22.9. The van der Waals surface area contributed by atoms with Crippen molar-refractivity contribution in [2.75, 3.05) is 59.4 Å². The maximum Gasteiger partial charge on any atom is 0.251 e. The lowest BCUT2D eigenvalue weighted by Gasteiger charge is -2.16. The van der Waals surface area contributed by atoms with E-state index in [1.165, 1.54) is 0 Å². The van der Waals surface area contributed by atoms with Crippen LogP contribution in [0.5, 0.6) is 5.75 Å². The zero-order valence-electron chi connectivity index (χ0n) is 27.1. The summed E-state index contributed by atoms with van der Waals surface area (Å²) in [5.74, 6) is 7.79. The average Bonchev–Trinajstić information content (AvgIpc) is 3.00. The van der Waals surface area contributed by atoms with Crippen molar-refractivity contribution in [2.24, 2.45) is 11.8 Å². The van der Waals surface area contributed by atoms with Gasteiger partial charge in [-0.3, -0.25) is 9.59 Å². The number of carbonyl (C=O) groups is 2. The van der Waals surface area contributed by atoms with Gasteiger partial charge in [0.1, 0.15) is 23.5 Å². The number of nitriles is 1. The van der Waals surface area contributed by atoms with Crippen molar-refractivity contribution in [2.45, 2.75) is 78.1 Å². The number of thioether (sulfide) groups is 1. The third-order valence-electron chi connectivity index (χ3n) is 6.06. The number of rotatable bonds is 26. The Bertz CT molecular complexity index is 1020. The molecule has 1 atom stereocenters. The fourth-order valence-electron chi connectivity index (χ4n) is 3.81. The van der Waals surface area contributed by atoms with Gasteiger partial charge in [0.15, 0.2) is 5.44 Å². The largest absolute Gasteiger partial charge is 0.490 e. The first-order valence-corrected chi connectivity index (χ1v) is 16.6. The number of Topliss-reactive ketones (excluding diaryl/α,β-unsaturated/α-hetero) is 1. The molecule has 10 heteroatoms. The number of nitrogens with one attached hydrogen (secondary N) is 1. The first-order valence-electron chi connectivity index (χ1n) is 15.7. The van der Waals surface area contributed by atoms with Crippen molar-refractivity contribution in [3.63, 3.8) is 0 Å². The highest BCUT2D eigenvalue weighted by Gasteiger charge is 2.13. The number of nitrogens with zero attached hydrogens (tertiary/aromatic N) is 1. The lowest BCUT2D eigenvalue weighted by molar-refractivity contribution is -0.119. The van der Waals surface area contributed by atoms with Crippen molar-refractivity contribution in [3.05, 3.63) is 29.8 Å². The van der Waals surface area contributed by atoms with Crippen LogP contribution >= 0.6 is 11.8 Å². The smallest absolute Gasteiger partial charge is 0.251 e. The topological polar surface area (TPSA) is 116 Å². The van der Waals surface area contributed by atoms with Gasteiger partial charge in [0, 0.05) is 50.5 Å². The van der Waals surface area contributed by atoms with Crippen LogP contribution in [0.1, 0.15) is 83.0 Å². The van der Waals surface area contributed by atoms with E-state index in [0.29, 0.717) is 95.2 Å². The van der Waals surface area contributed by atoms with Crippen molar-refractivity contribution in [3.8, 4) is 23.0 Å². The summed E-state index contributed by atoms with van der Waals surface area (Å²) in [5.41, 5.74) is 0.0289. The standard InChI is InChI=1S/C34H52N2O7S/c1-28(2)11-5-6-18-39-19-9-14-31(37)15-10-20-40-21-22-41-23-24-42-33(44-27-35)26-43-32-16-7-13-30(25-32)34(38)36-17-8-12-29(3)4/h7,13,16,25,28-29,33H,6,8-10,12,14-15,17-24,26H2,1-4H3,(H,36,38). The second kappa shape index (κ2) is 26.8. The molecule has 0 aliphatic rings. The minimum atomic E-state index is -0.499. The maximum absolute atomic E-state index is 12.4. The van der Waals surface area contributed by atoms with Crippen molar-refractivity contribution in [1.82, 2.24) is 5.32 Å². The summed E-state index contributed by atoms with van der Waals surface area (Å²) >= 11 is 0.972. The molecular formula is C34H52N2O7S. The number of thiocyanates is 1. The van der Waals surface area contributed by atoms with Crippen LogP contribution in [-0.4, -0.2) is 76.5 Å². The van der Waals surface area contributed by atoms with E-state index in [-0.39, 0.29) is 18.3 Å². The zero-order chi connectivity index (χ0) is 32.3. The van der Waals surface area contributed by atoms with Gasteiger partial charge in [0.05, 0.1) is 33.0 Å². The number of ether oxygens (including phenoxy) is 5. The highest BCUT2D eigenvalue weighted by atomic mass is 32.2. The minimum absolute atomic E-state index is 0.135. The fraction of sp³-hybridized carbons (Fsp3) is 0.676. The van der Waals surface area contributed by atoms with Gasteiger partial charge in [0.2, 0.25) is 0 Å². The van der Waals surface area contributed by atoms with Crippen LogP contribution < -0.4 is 10.1 Å². The van der Waals surface area contributed by atoms with Crippen molar-refractivity contribution < 1.29 is 33.3 Å². The molecule has 0 heterocycles. The molecule has 0 bridgehead atoms. The number of ketones is 1. The number of hydrogen-bond donors (Lipinski definition) is 1. The molecule has 0 aliphatic heterocycles. The van der Waals surface area contributed by atoms with Crippen LogP contribution in [0.4, 0.5) is 0 Å². The molecule has 1 rings (SSSR count). The molecule has 1 amide bonds. The van der Waals surface area contributed by atoms with Crippen molar-refractivity contribution >= 4 is 23.5 Å².